The van der Waals surface area contributed by atoms with E-state index in [9.17, 15) is 9.18 Å². The van der Waals surface area contributed by atoms with Crippen LogP contribution in [0.1, 0.15) is 5.56 Å². The number of nitrogens with zero attached hydrogens (tertiary/aromatic N) is 5. The molecule has 3 rings (SSSR count). The van der Waals surface area contributed by atoms with Gasteiger partial charge in [0.15, 0.2) is 0 Å². The molecule has 0 unspecified atom stereocenters. The Balaban J connectivity index is 1.60. The molecule has 0 aliphatic heterocycles. The van der Waals surface area contributed by atoms with E-state index >= 15 is 0 Å². The Morgan fingerprint density at radius 1 is 1.27 bits per heavy atom. The predicted octanol–water partition coefficient (Wildman–Crippen LogP) is 2.60. The number of carbonyl (C=O) groups excluding carboxylic acids is 1. The van der Waals surface area contributed by atoms with Gasteiger partial charge in [0, 0.05) is 5.69 Å². The highest BCUT2D eigenvalue weighted by molar-refractivity contribution is 7.99. The normalized spacial score (nSPS) is 10.3. The first-order chi connectivity index (χ1) is 12.7. The number of benzene rings is 2. The van der Waals surface area contributed by atoms with Gasteiger partial charge in [0.1, 0.15) is 5.82 Å². The standard InChI is InChI=1S/C17H13FN6OS/c18-13-2-1-3-15(10-13)24-17(21-22-23-24)26-11-16(25)20-14-6-4-12(5-7-14)8-9-19/h1-7,10H,8,11H2,(H,20,25). The topological polar surface area (TPSA) is 96.5 Å². The van der Waals surface area contributed by atoms with Crippen LogP contribution >= 0.6 is 11.8 Å². The molecule has 130 valence electrons. The van der Waals surface area contributed by atoms with Crippen molar-refractivity contribution in [3.8, 4) is 11.8 Å². The van der Waals surface area contributed by atoms with Crippen LogP contribution in [-0.4, -0.2) is 31.9 Å². The summed E-state index contributed by atoms with van der Waals surface area (Å²) < 4.78 is 14.7. The van der Waals surface area contributed by atoms with Gasteiger partial charge in [-0.3, -0.25) is 4.79 Å². The lowest BCUT2D eigenvalue weighted by Crippen LogP contribution is -2.14. The van der Waals surface area contributed by atoms with Crippen LogP contribution in [0.4, 0.5) is 10.1 Å². The molecule has 0 atom stereocenters. The Morgan fingerprint density at radius 3 is 2.81 bits per heavy atom. The molecule has 0 spiro atoms. The van der Waals surface area contributed by atoms with Gasteiger partial charge in [0.2, 0.25) is 11.1 Å². The molecule has 0 radical (unpaired) electrons. The van der Waals surface area contributed by atoms with Gasteiger partial charge in [0.05, 0.1) is 23.9 Å². The number of rotatable bonds is 6. The maximum absolute atomic E-state index is 13.4. The van der Waals surface area contributed by atoms with Gasteiger partial charge in [-0.15, -0.1) is 5.10 Å². The number of amides is 1. The Labute approximate surface area is 152 Å². The largest absolute Gasteiger partial charge is 0.325 e. The SMILES string of the molecule is N#CCc1ccc(NC(=O)CSc2nnnn2-c2cccc(F)c2)cc1. The minimum absolute atomic E-state index is 0.0929. The maximum Gasteiger partial charge on any atom is 0.234 e. The molecule has 9 heteroatoms. The lowest BCUT2D eigenvalue weighted by atomic mass is 10.1. The molecule has 0 saturated heterocycles. The number of nitrogens with one attached hydrogen (secondary N) is 1. The summed E-state index contributed by atoms with van der Waals surface area (Å²) in [6.07, 6.45) is 0.326. The average Bonchev–Trinajstić information content (AvgIpc) is 3.10. The number of carbonyl (C=O) groups is 1. The lowest BCUT2D eigenvalue weighted by Gasteiger charge is -2.06. The van der Waals surface area contributed by atoms with E-state index in [1.807, 2.05) is 0 Å². The summed E-state index contributed by atoms with van der Waals surface area (Å²) in [7, 11) is 0. The molecule has 0 aliphatic carbocycles. The van der Waals surface area contributed by atoms with Crippen molar-refractivity contribution < 1.29 is 9.18 Å². The summed E-state index contributed by atoms with van der Waals surface area (Å²) in [6.45, 7) is 0. The fraction of sp³-hybridized carbons (Fsp3) is 0.118. The highest BCUT2D eigenvalue weighted by Gasteiger charge is 2.12. The van der Waals surface area contributed by atoms with Crippen LogP contribution in [0.2, 0.25) is 0 Å². The van der Waals surface area contributed by atoms with Crippen LogP contribution in [0.3, 0.4) is 0 Å². The molecule has 3 aromatic rings. The lowest BCUT2D eigenvalue weighted by molar-refractivity contribution is -0.113. The number of tetrazole rings is 1. The number of anilines is 1. The van der Waals surface area contributed by atoms with Crippen LogP contribution in [-0.2, 0) is 11.2 Å². The van der Waals surface area contributed by atoms with Crippen molar-refractivity contribution in [1.82, 2.24) is 20.2 Å². The summed E-state index contributed by atoms with van der Waals surface area (Å²) in [5.74, 6) is -0.529. The summed E-state index contributed by atoms with van der Waals surface area (Å²) in [5, 5.41) is 23.1. The summed E-state index contributed by atoms with van der Waals surface area (Å²) in [5.41, 5.74) is 2.00. The van der Waals surface area contributed by atoms with Gasteiger partial charge in [-0.05, 0) is 46.3 Å². The molecular weight excluding hydrogens is 355 g/mol. The Bertz CT molecular complexity index is 950. The van der Waals surface area contributed by atoms with E-state index < -0.39 is 5.82 Å². The predicted molar refractivity (Wildman–Crippen MR) is 94.2 cm³/mol. The molecule has 0 bridgehead atoms. The van der Waals surface area contributed by atoms with E-state index in [0.717, 1.165) is 17.3 Å². The van der Waals surface area contributed by atoms with Crippen molar-refractivity contribution in [2.24, 2.45) is 0 Å². The number of aromatic nitrogens is 4. The first-order valence-electron chi connectivity index (χ1n) is 7.58. The van der Waals surface area contributed by atoms with Crippen LogP contribution in [0, 0.1) is 17.1 Å². The average molecular weight is 368 g/mol. The third-order valence-electron chi connectivity index (χ3n) is 3.35. The number of hydrogen-bond acceptors (Lipinski definition) is 6. The second-order valence-electron chi connectivity index (χ2n) is 5.22. The summed E-state index contributed by atoms with van der Waals surface area (Å²) in [6, 6.07) is 15.0. The fourth-order valence-corrected chi connectivity index (χ4v) is 2.85. The zero-order valence-corrected chi connectivity index (χ0v) is 14.3. The molecule has 1 heterocycles. The molecular formula is C17H13FN6OS. The van der Waals surface area contributed by atoms with Gasteiger partial charge in [-0.1, -0.05) is 30.0 Å². The molecule has 7 nitrogen and oxygen atoms in total. The van der Waals surface area contributed by atoms with Crippen molar-refractivity contribution >= 4 is 23.4 Å². The van der Waals surface area contributed by atoms with Crippen molar-refractivity contribution in [3.63, 3.8) is 0 Å². The molecule has 26 heavy (non-hydrogen) atoms. The van der Waals surface area contributed by atoms with Crippen LogP contribution in [0.25, 0.3) is 5.69 Å². The van der Waals surface area contributed by atoms with Crippen molar-refractivity contribution in [2.45, 2.75) is 11.6 Å². The highest BCUT2D eigenvalue weighted by atomic mass is 32.2. The van der Waals surface area contributed by atoms with E-state index in [0.29, 0.717) is 23.0 Å². The smallest absolute Gasteiger partial charge is 0.234 e. The zero-order valence-electron chi connectivity index (χ0n) is 13.5. The maximum atomic E-state index is 13.4. The Hall–Kier alpha value is -3.25. The summed E-state index contributed by atoms with van der Waals surface area (Å²) in [4.78, 5) is 12.1. The molecule has 2 aromatic carbocycles. The monoisotopic (exact) mass is 368 g/mol. The number of hydrogen-bond donors (Lipinski definition) is 1. The first kappa shape index (κ1) is 17.6. The number of thioether (sulfide) groups is 1. The molecule has 1 amide bonds. The molecule has 1 N–H and O–H groups in total. The second-order valence-corrected chi connectivity index (χ2v) is 6.16. The quantitative estimate of drug-likeness (QED) is 0.672. The molecule has 0 aliphatic rings. The third-order valence-corrected chi connectivity index (χ3v) is 4.27. The summed E-state index contributed by atoms with van der Waals surface area (Å²) >= 11 is 1.14. The van der Waals surface area contributed by atoms with Crippen molar-refractivity contribution in [3.05, 3.63) is 59.9 Å². The third kappa shape index (κ3) is 4.43. The van der Waals surface area contributed by atoms with E-state index in [4.69, 9.17) is 5.26 Å². The first-order valence-corrected chi connectivity index (χ1v) is 8.57. The molecule has 0 saturated carbocycles. The van der Waals surface area contributed by atoms with Gasteiger partial charge in [0.25, 0.3) is 0 Å². The van der Waals surface area contributed by atoms with E-state index in [2.05, 4.69) is 26.9 Å². The minimum atomic E-state index is -0.397. The van der Waals surface area contributed by atoms with E-state index in [1.54, 1.807) is 36.4 Å². The second kappa shape index (κ2) is 8.22. The van der Waals surface area contributed by atoms with Crippen LogP contribution in [0.15, 0.2) is 53.7 Å². The number of nitriles is 1. The Kier molecular flexibility index (Phi) is 5.56. The van der Waals surface area contributed by atoms with Crippen LogP contribution in [0.5, 0.6) is 0 Å². The Morgan fingerprint density at radius 2 is 2.08 bits per heavy atom. The fourth-order valence-electron chi connectivity index (χ4n) is 2.16. The molecule has 1 aromatic heterocycles. The highest BCUT2D eigenvalue weighted by Crippen LogP contribution is 2.19. The van der Waals surface area contributed by atoms with Gasteiger partial charge in [-0.2, -0.15) is 9.94 Å². The van der Waals surface area contributed by atoms with Crippen LogP contribution < -0.4 is 5.32 Å². The zero-order chi connectivity index (χ0) is 18.4. The van der Waals surface area contributed by atoms with Gasteiger partial charge >= 0.3 is 0 Å². The molecule has 0 fully saturated rings. The van der Waals surface area contributed by atoms with Crippen molar-refractivity contribution in [2.75, 3.05) is 11.1 Å². The van der Waals surface area contributed by atoms with E-state index in [-0.39, 0.29) is 11.7 Å². The van der Waals surface area contributed by atoms with Crippen molar-refractivity contribution in [1.29, 1.82) is 5.26 Å². The van der Waals surface area contributed by atoms with Gasteiger partial charge < -0.3 is 5.32 Å². The van der Waals surface area contributed by atoms with E-state index in [1.165, 1.54) is 16.8 Å². The van der Waals surface area contributed by atoms with Gasteiger partial charge in [-0.25, -0.2) is 4.39 Å². The minimum Gasteiger partial charge on any atom is -0.325 e. The number of halogens is 1.